The number of rotatable bonds is 5. The lowest BCUT2D eigenvalue weighted by Crippen LogP contribution is -2.34. The van der Waals surface area contributed by atoms with E-state index in [2.05, 4.69) is 10.4 Å². The number of benzene rings is 1. The molecule has 0 saturated carbocycles. The van der Waals surface area contributed by atoms with Crippen LogP contribution in [-0.4, -0.2) is 35.2 Å². The summed E-state index contributed by atoms with van der Waals surface area (Å²) in [6.45, 7) is 1.20. The average Bonchev–Trinajstić information content (AvgIpc) is 3.02. The molecule has 0 unspecified atom stereocenters. The second-order valence-electron chi connectivity index (χ2n) is 6.01. The number of amides is 2. The molecular formula is C17H19ClN4O3. The minimum Gasteiger partial charge on any atom is -0.496 e. The van der Waals surface area contributed by atoms with E-state index in [1.165, 1.54) is 13.3 Å². The zero-order chi connectivity index (χ0) is 18.0. The number of hydrogen-bond acceptors (Lipinski definition) is 4. The van der Waals surface area contributed by atoms with E-state index in [-0.39, 0.29) is 11.8 Å². The Hall–Kier alpha value is -2.54. The van der Waals surface area contributed by atoms with Crippen LogP contribution in [0.2, 0.25) is 5.02 Å². The van der Waals surface area contributed by atoms with Gasteiger partial charge in [0.05, 0.1) is 30.1 Å². The number of nitrogens with two attached hydrogens (primary N) is 1. The van der Waals surface area contributed by atoms with Crippen LogP contribution in [0.4, 0.5) is 0 Å². The lowest BCUT2D eigenvalue weighted by atomic mass is 9.94. The predicted octanol–water partition coefficient (Wildman–Crippen LogP) is 1.64. The molecule has 0 bridgehead atoms. The number of carbonyl (C=O) groups excluding carboxylic acids is 2. The molecule has 25 heavy (non-hydrogen) atoms. The monoisotopic (exact) mass is 362 g/mol. The largest absolute Gasteiger partial charge is 0.496 e. The second kappa shape index (κ2) is 7.14. The fourth-order valence-electron chi connectivity index (χ4n) is 3.06. The lowest BCUT2D eigenvalue weighted by Gasteiger charge is -2.24. The first-order chi connectivity index (χ1) is 12.0. The Kier molecular flexibility index (Phi) is 4.94. The van der Waals surface area contributed by atoms with Crippen molar-refractivity contribution in [3.63, 3.8) is 0 Å². The van der Waals surface area contributed by atoms with Crippen LogP contribution in [0.15, 0.2) is 24.4 Å². The number of methoxy groups -OCH3 is 1. The summed E-state index contributed by atoms with van der Waals surface area (Å²) in [5, 5.41) is 7.62. The lowest BCUT2D eigenvalue weighted by molar-refractivity contribution is 0.0938. The Morgan fingerprint density at radius 2 is 2.24 bits per heavy atom. The van der Waals surface area contributed by atoms with Crippen molar-refractivity contribution < 1.29 is 14.3 Å². The highest BCUT2D eigenvalue weighted by Gasteiger charge is 2.25. The molecule has 0 fully saturated rings. The van der Waals surface area contributed by atoms with Gasteiger partial charge in [-0.2, -0.15) is 5.10 Å². The summed E-state index contributed by atoms with van der Waals surface area (Å²) >= 11 is 5.92. The van der Waals surface area contributed by atoms with Crippen molar-refractivity contribution in [3.05, 3.63) is 46.2 Å². The number of hydrogen-bond donors (Lipinski definition) is 2. The smallest absolute Gasteiger partial charge is 0.255 e. The Morgan fingerprint density at radius 3 is 2.96 bits per heavy atom. The van der Waals surface area contributed by atoms with Gasteiger partial charge in [-0.3, -0.25) is 14.3 Å². The molecule has 2 aromatic rings. The van der Waals surface area contributed by atoms with Gasteiger partial charge in [0.2, 0.25) is 0 Å². The summed E-state index contributed by atoms with van der Waals surface area (Å²) in [6.07, 6.45) is 3.03. The van der Waals surface area contributed by atoms with Crippen molar-refractivity contribution in [2.75, 3.05) is 13.7 Å². The van der Waals surface area contributed by atoms with E-state index >= 15 is 0 Å². The number of primary amides is 1. The quantitative estimate of drug-likeness (QED) is 0.844. The Labute approximate surface area is 150 Å². The van der Waals surface area contributed by atoms with Crippen LogP contribution in [-0.2, 0) is 13.0 Å². The normalized spacial score (nSPS) is 16.2. The summed E-state index contributed by atoms with van der Waals surface area (Å²) in [7, 11) is 1.50. The summed E-state index contributed by atoms with van der Waals surface area (Å²) in [6, 6.07) is 4.89. The van der Waals surface area contributed by atoms with Gasteiger partial charge in [-0.05, 0) is 37.0 Å². The van der Waals surface area contributed by atoms with Crippen LogP contribution in [0.25, 0.3) is 0 Å². The molecular weight excluding hydrogens is 344 g/mol. The molecule has 8 heteroatoms. The van der Waals surface area contributed by atoms with Gasteiger partial charge >= 0.3 is 0 Å². The Balaban J connectivity index is 1.65. The van der Waals surface area contributed by atoms with Crippen LogP contribution in [0, 0.1) is 5.92 Å². The van der Waals surface area contributed by atoms with E-state index < -0.39 is 5.91 Å². The summed E-state index contributed by atoms with van der Waals surface area (Å²) in [4.78, 5) is 23.9. The molecule has 2 heterocycles. The van der Waals surface area contributed by atoms with Crippen LogP contribution in [0.3, 0.4) is 0 Å². The number of fused-ring (bicyclic) bond motifs is 1. The van der Waals surface area contributed by atoms with Gasteiger partial charge in [-0.15, -0.1) is 0 Å². The molecule has 1 aromatic heterocycles. The van der Waals surface area contributed by atoms with Crippen LogP contribution < -0.4 is 15.8 Å². The number of aromatic nitrogens is 2. The van der Waals surface area contributed by atoms with Gasteiger partial charge in [-0.25, -0.2) is 0 Å². The van der Waals surface area contributed by atoms with Crippen LogP contribution in [0.1, 0.15) is 32.8 Å². The Morgan fingerprint density at radius 1 is 1.44 bits per heavy atom. The topological polar surface area (TPSA) is 99.2 Å². The van der Waals surface area contributed by atoms with E-state index in [4.69, 9.17) is 22.1 Å². The van der Waals surface area contributed by atoms with Gasteiger partial charge in [-0.1, -0.05) is 11.6 Å². The van der Waals surface area contributed by atoms with E-state index in [0.717, 1.165) is 12.1 Å². The standard InChI is InChI=1S/C17H19ClN4O3/c1-25-15-7-11(18)2-3-12(15)17(24)20-8-10-4-5-22-14(6-10)13(9-21-22)16(19)23/h2-3,7,9-10H,4-6,8H2,1H3,(H2,19,23)(H,20,24)/t10-/m0/s1. The Bertz CT molecular complexity index is 818. The number of ether oxygens (including phenoxy) is 1. The first-order valence-electron chi connectivity index (χ1n) is 7.95. The third-order valence-electron chi connectivity index (χ3n) is 4.40. The van der Waals surface area contributed by atoms with E-state index in [0.29, 0.717) is 41.4 Å². The van der Waals surface area contributed by atoms with Gasteiger partial charge in [0.1, 0.15) is 5.75 Å². The third-order valence-corrected chi connectivity index (χ3v) is 4.64. The van der Waals surface area contributed by atoms with E-state index in [9.17, 15) is 9.59 Å². The zero-order valence-electron chi connectivity index (χ0n) is 13.8. The summed E-state index contributed by atoms with van der Waals surface area (Å²) in [5.74, 6) is -0.0492. The summed E-state index contributed by atoms with van der Waals surface area (Å²) < 4.78 is 7.02. The highest BCUT2D eigenvalue weighted by atomic mass is 35.5. The van der Waals surface area contributed by atoms with Crippen molar-refractivity contribution in [2.45, 2.75) is 19.4 Å². The molecule has 3 N–H and O–H groups in total. The molecule has 0 radical (unpaired) electrons. The van der Waals surface area contributed by atoms with Crippen molar-refractivity contribution in [1.29, 1.82) is 0 Å². The predicted molar refractivity (Wildman–Crippen MR) is 92.9 cm³/mol. The number of aryl methyl sites for hydroxylation is 1. The number of carbonyl (C=O) groups is 2. The average molecular weight is 363 g/mol. The van der Waals surface area contributed by atoms with Crippen molar-refractivity contribution >= 4 is 23.4 Å². The van der Waals surface area contributed by atoms with Crippen molar-refractivity contribution in [3.8, 4) is 5.75 Å². The fraction of sp³-hybridized carbons (Fsp3) is 0.353. The maximum Gasteiger partial charge on any atom is 0.255 e. The molecule has 0 aliphatic carbocycles. The highest BCUT2D eigenvalue weighted by molar-refractivity contribution is 6.30. The van der Waals surface area contributed by atoms with Gasteiger partial charge in [0.15, 0.2) is 0 Å². The van der Waals surface area contributed by atoms with Crippen LogP contribution >= 0.6 is 11.6 Å². The molecule has 1 aliphatic heterocycles. The van der Waals surface area contributed by atoms with Crippen molar-refractivity contribution in [1.82, 2.24) is 15.1 Å². The minimum atomic E-state index is -0.475. The third kappa shape index (κ3) is 3.61. The number of nitrogens with one attached hydrogen (secondary N) is 1. The van der Waals surface area contributed by atoms with Crippen molar-refractivity contribution in [2.24, 2.45) is 11.7 Å². The molecule has 2 amide bonds. The molecule has 1 atom stereocenters. The molecule has 3 rings (SSSR count). The number of halogens is 1. The SMILES string of the molecule is COc1cc(Cl)ccc1C(=O)NC[C@H]1CCn2ncc(C(N)=O)c2C1. The van der Waals surface area contributed by atoms with Gasteiger partial charge in [0, 0.05) is 18.1 Å². The first-order valence-corrected chi connectivity index (χ1v) is 8.33. The van der Waals surface area contributed by atoms with E-state index in [1.807, 2.05) is 0 Å². The maximum absolute atomic E-state index is 12.4. The molecule has 0 spiro atoms. The minimum absolute atomic E-state index is 0.213. The maximum atomic E-state index is 12.4. The highest BCUT2D eigenvalue weighted by Crippen LogP contribution is 2.24. The van der Waals surface area contributed by atoms with Gasteiger partial charge in [0.25, 0.3) is 11.8 Å². The van der Waals surface area contributed by atoms with E-state index in [1.54, 1.807) is 22.9 Å². The molecule has 1 aliphatic rings. The molecule has 1 aromatic carbocycles. The zero-order valence-corrected chi connectivity index (χ0v) is 14.5. The summed E-state index contributed by atoms with van der Waals surface area (Å²) in [5.41, 5.74) is 7.11. The van der Waals surface area contributed by atoms with Crippen LogP contribution in [0.5, 0.6) is 5.75 Å². The number of nitrogens with zero attached hydrogens (tertiary/aromatic N) is 2. The molecule has 0 saturated heterocycles. The second-order valence-corrected chi connectivity index (χ2v) is 6.44. The molecule has 132 valence electrons. The first kappa shape index (κ1) is 17.3. The van der Waals surface area contributed by atoms with Gasteiger partial charge < -0.3 is 15.8 Å². The molecule has 7 nitrogen and oxygen atoms in total. The fourth-order valence-corrected chi connectivity index (χ4v) is 3.23.